The van der Waals surface area contributed by atoms with Crippen molar-refractivity contribution in [2.45, 2.75) is 0 Å². The van der Waals surface area contributed by atoms with Crippen molar-refractivity contribution < 1.29 is 5.21 Å². The Morgan fingerprint density at radius 2 is 2.00 bits per heavy atom. The summed E-state index contributed by atoms with van der Waals surface area (Å²) in [6.45, 7) is 0. The lowest BCUT2D eigenvalue weighted by Gasteiger charge is -2.19. The number of anilines is 2. The minimum atomic E-state index is 0.00248. The molecule has 0 saturated heterocycles. The van der Waals surface area contributed by atoms with E-state index in [1.807, 2.05) is 42.3 Å². The second-order valence-corrected chi connectivity index (χ2v) is 3.65. The first-order chi connectivity index (χ1) is 8.74. The fraction of sp³-hybridized carbons (Fsp3) is 0.0833. The van der Waals surface area contributed by atoms with E-state index in [0.717, 1.165) is 5.69 Å². The normalized spacial score (nSPS) is 11.3. The Hall–Kier alpha value is -2.63. The predicted octanol–water partition coefficient (Wildman–Crippen LogP) is 1.34. The lowest BCUT2D eigenvalue weighted by molar-refractivity contribution is 0.318. The SMILES string of the molecule is CN(c1ccccc1)c1nnccc1/C(N)=N/O. The van der Waals surface area contributed by atoms with E-state index in [1.54, 1.807) is 6.07 Å². The molecule has 0 aliphatic carbocycles. The largest absolute Gasteiger partial charge is 0.409 e. The Morgan fingerprint density at radius 1 is 1.28 bits per heavy atom. The second kappa shape index (κ2) is 5.13. The minimum Gasteiger partial charge on any atom is -0.409 e. The highest BCUT2D eigenvalue weighted by molar-refractivity contribution is 6.01. The predicted molar refractivity (Wildman–Crippen MR) is 69.0 cm³/mol. The number of para-hydroxylation sites is 1. The molecule has 0 amide bonds. The van der Waals surface area contributed by atoms with Crippen LogP contribution in [0.5, 0.6) is 0 Å². The van der Waals surface area contributed by atoms with Gasteiger partial charge in [-0.3, -0.25) is 0 Å². The molecule has 0 aliphatic rings. The summed E-state index contributed by atoms with van der Waals surface area (Å²) in [6.07, 6.45) is 1.50. The molecule has 0 saturated carbocycles. The van der Waals surface area contributed by atoms with Crippen molar-refractivity contribution in [3.05, 3.63) is 48.2 Å². The van der Waals surface area contributed by atoms with Crippen LogP contribution < -0.4 is 10.6 Å². The molecule has 0 spiro atoms. The molecule has 6 heteroatoms. The van der Waals surface area contributed by atoms with E-state index in [1.165, 1.54) is 6.20 Å². The van der Waals surface area contributed by atoms with Crippen LogP contribution in [0.3, 0.4) is 0 Å². The van der Waals surface area contributed by atoms with Gasteiger partial charge in [-0.25, -0.2) is 0 Å². The number of aromatic nitrogens is 2. The molecule has 1 heterocycles. The smallest absolute Gasteiger partial charge is 0.173 e. The van der Waals surface area contributed by atoms with E-state index in [9.17, 15) is 0 Å². The van der Waals surface area contributed by atoms with Gasteiger partial charge in [0.05, 0.1) is 11.8 Å². The fourth-order valence-corrected chi connectivity index (χ4v) is 1.60. The van der Waals surface area contributed by atoms with Gasteiger partial charge in [-0.1, -0.05) is 23.4 Å². The Balaban J connectivity index is 2.46. The quantitative estimate of drug-likeness (QED) is 0.367. The van der Waals surface area contributed by atoms with Crippen molar-refractivity contribution in [3.63, 3.8) is 0 Å². The highest BCUT2D eigenvalue weighted by Gasteiger charge is 2.14. The maximum absolute atomic E-state index is 8.76. The van der Waals surface area contributed by atoms with E-state index < -0.39 is 0 Å². The van der Waals surface area contributed by atoms with Crippen LogP contribution in [0.2, 0.25) is 0 Å². The monoisotopic (exact) mass is 243 g/mol. The molecule has 0 atom stereocenters. The number of nitrogens with zero attached hydrogens (tertiary/aromatic N) is 4. The zero-order valence-corrected chi connectivity index (χ0v) is 9.85. The van der Waals surface area contributed by atoms with E-state index in [0.29, 0.717) is 11.4 Å². The van der Waals surface area contributed by atoms with Crippen molar-refractivity contribution in [1.29, 1.82) is 0 Å². The first-order valence-corrected chi connectivity index (χ1v) is 5.32. The first kappa shape index (κ1) is 11.8. The van der Waals surface area contributed by atoms with Crippen LogP contribution in [0, 0.1) is 0 Å². The summed E-state index contributed by atoms with van der Waals surface area (Å²) in [5.74, 6) is 0.529. The molecule has 3 N–H and O–H groups in total. The number of oxime groups is 1. The highest BCUT2D eigenvalue weighted by Crippen LogP contribution is 2.23. The Bertz CT molecular complexity index is 555. The van der Waals surface area contributed by atoms with Crippen LogP contribution >= 0.6 is 0 Å². The number of hydrogen-bond acceptors (Lipinski definition) is 5. The lowest BCUT2D eigenvalue weighted by Crippen LogP contribution is -2.21. The van der Waals surface area contributed by atoms with Crippen LogP contribution in [-0.4, -0.2) is 28.3 Å². The third kappa shape index (κ3) is 2.22. The van der Waals surface area contributed by atoms with Gasteiger partial charge in [-0.2, -0.15) is 5.10 Å². The Labute approximate surface area is 104 Å². The molecule has 1 aromatic heterocycles. The number of amidine groups is 1. The molecular formula is C12H13N5O. The minimum absolute atomic E-state index is 0.00248. The third-order valence-electron chi connectivity index (χ3n) is 2.55. The maximum Gasteiger partial charge on any atom is 0.173 e. The van der Waals surface area contributed by atoms with E-state index in [4.69, 9.17) is 10.9 Å². The second-order valence-electron chi connectivity index (χ2n) is 3.65. The Kier molecular flexibility index (Phi) is 3.38. The summed E-state index contributed by atoms with van der Waals surface area (Å²) in [7, 11) is 1.84. The molecular weight excluding hydrogens is 230 g/mol. The van der Waals surface area contributed by atoms with Crippen molar-refractivity contribution in [1.82, 2.24) is 10.2 Å². The van der Waals surface area contributed by atoms with Crippen LogP contribution in [0.4, 0.5) is 11.5 Å². The summed E-state index contributed by atoms with van der Waals surface area (Å²) in [5, 5.41) is 19.6. The lowest BCUT2D eigenvalue weighted by atomic mass is 10.2. The molecule has 0 aliphatic heterocycles. The molecule has 92 valence electrons. The third-order valence-corrected chi connectivity index (χ3v) is 2.55. The maximum atomic E-state index is 8.76. The zero-order chi connectivity index (χ0) is 13.0. The molecule has 0 unspecified atom stereocenters. The molecule has 0 bridgehead atoms. The van der Waals surface area contributed by atoms with Gasteiger partial charge in [-0.05, 0) is 18.2 Å². The first-order valence-electron chi connectivity index (χ1n) is 5.32. The number of nitrogens with two attached hydrogens (primary N) is 1. The molecule has 18 heavy (non-hydrogen) atoms. The van der Waals surface area contributed by atoms with Crippen LogP contribution in [0.1, 0.15) is 5.56 Å². The summed E-state index contributed by atoms with van der Waals surface area (Å²) in [5.41, 5.74) is 7.08. The van der Waals surface area contributed by atoms with Crippen LogP contribution in [0.25, 0.3) is 0 Å². The van der Waals surface area contributed by atoms with E-state index in [2.05, 4.69) is 15.4 Å². The molecule has 0 fully saturated rings. The van der Waals surface area contributed by atoms with Gasteiger partial charge in [0, 0.05) is 12.7 Å². The van der Waals surface area contributed by atoms with Gasteiger partial charge >= 0.3 is 0 Å². The average molecular weight is 243 g/mol. The highest BCUT2D eigenvalue weighted by atomic mass is 16.4. The molecule has 0 radical (unpaired) electrons. The van der Waals surface area contributed by atoms with E-state index in [-0.39, 0.29) is 5.84 Å². The summed E-state index contributed by atoms with van der Waals surface area (Å²) in [4.78, 5) is 1.82. The van der Waals surface area contributed by atoms with E-state index >= 15 is 0 Å². The fourth-order valence-electron chi connectivity index (χ4n) is 1.60. The van der Waals surface area contributed by atoms with Gasteiger partial charge < -0.3 is 15.8 Å². The van der Waals surface area contributed by atoms with Crippen LogP contribution in [-0.2, 0) is 0 Å². The van der Waals surface area contributed by atoms with Crippen molar-refractivity contribution in [3.8, 4) is 0 Å². The zero-order valence-electron chi connectivity index (χ0n) is 9.85. The van der Waals surface area contributed by atoms with Gasteiger partial charge in [0.15, 0.2) is 11.7 Å². The van der Waals surface area contributed by atoms with Gasteiger partial charge in [0.2, 0.25) is 0 Å². The number of benzene rings is 1. The summed E-state index contributed by atoms with van der Waals surface area (Å²) in [6, 6.07) is 11.3. The number of rotatable bonds is 3. The molecule has 2 rings (SSSR count). The van der Waals surface area contributed by atoms with Crippen molar-refractivity contribution in [2.24, 2.45) is 10.9 Å². The van der Waals surface area contributed by atoms with Gasteiger partial charge in [0.1, 0.15) is 0 Å². The van der Waals surface area contributed by atoms with Crippen LogP contribution in [0.15, 0.2) is 47.8 Å². The van der Waals surface area contributed by atoms with Gasteiger partial charge in [0.25, 0.3) is 0 Å². The molecule has 2 aromatic rings. The summed E-state index contributed by atoms with van der Waals surface area (Å²) >= 11 is 0. The average Bonchev–Trinajstić information content (AvgIpc) is 2.46. The topological polar surface area (TPSA) is 87.6 Å². The van der Waals surface area contributed by atoms with Crippen molar-refractivity contribution >= 4 is 17.3 Å². The van der Waals surface area contributed by atoms with Crippen molar-refractivity contribution in [2.75, 3.05) is 11.9 Å². The molecule has 6 nitrogen and oxygen atoms in total. The standard InChI is InChI=1S/C12H13N5O/c1-17(9-5-3-2-4-6-9)12-10(11(13)16-18)7-8-14-15-12/h2-8,18H,1H3,(H2,13,16). The molecule has 1 aromatic carbocycles. The number of hydrogen-bond donors (Lipinski definition) is 2. The Morgan fingerprint density at radius 3 is 2.67 bits per heavy atom. The van der Waals surface area contributed by atoms with Gasteiger partial charge in [-0.15, -0.1) is 5.10 Å². The summed E-state index contributed by atoms with van der Waals surface area (Å²) < 4.78 is 0.